The van der Waals surface area contributed by atoms with E-state index in [2.05, 4.69) is 9.62 Å². The number of alkyl halides is 3. The lowest BCUT2D eigenvalue weighted by atomic mass is 9.63. The number of hydrogen-bond acceptors (Lipinski definition) is 6. The summed E-state index contributed by atoms with van der Waals surface area (Å²) in [5.74, 6) is -2.09. The maximum atomic E-state index is 13.9. The summed E-state index contributed by atoms with van der Waals surface area (Å²) in [6, 6.07) is 10.5. The van der Waals surface area contributed by atoms with Crippen LogP contribution in [-0.4, -0.2) is 50.1 Å². The highest BCUT2D eigenvalue weighted by atomic mass is 35.5. The van der Waals surface area contributed by atoms with Crippen molar-refractivity contribution in [3.63, 3.8) is 0 Å². The number of fused-ring (bicyclic) bond motifs is 3. The van der Waals surface area contributed by atoms with Crippen LogP contribution in [0.3, 0.4) is 0 Å². The summed E-state index contributed by atoms with van der Waals surface area (Å²) in [5.41, 5.74) is 2.79. The first-order valence-electron chi connectivity index (χ1n) is 15.8. The fraction of sp³-hybridized carbons (Fsp3) is 0.606. The lowest BCUT2D eigenvalue weighted by Crippen LogP contribution is -2.48. The minimum absolute atomic E-state index is 0.0944. The maximum Gasteiger partial charge on any atom is 0.414 e. The zero-order valence-electron chi connectivity index (χ0n) is 25.7. The second kappa shape index (κ2) is 13.7. The molecule has 7 nitrogen and oxygen atoms in total. The van der Waals surface area contributed by atoms with Gasteiger partial charge in [-0.3, -0.25) is 4.79 Å². The van der Waals surface area contributed by atoms with Crippen molar-refractivity contribution in [2.75, 3.05) is 18.0 Å². The largest absolute Gasteiger partial charge is 0.487 e. The molecule has 2 aromatic carbocycles. The molecule has 248 valence electrons. The van der Waals surface area contributed by atoms with Crippen LogP contribution in [0.1, 0.15) is 80.3 Å². The number of halogens is 4. The van der Waals surface area contributed by atoms with E-state index in [1.54, 1.807) is 19.1 Å². The molecule has 1 amide bonds. The molecule has 2 bridgehead atoms. The lowest BCUT2D eigenvalue weighted by Gasteiger charge is -2.46. The first-order valence-corrected chi connectivity index (χ1v) is 17.8. The Morgan fingerprint density at radius 2 is 1.80 bits per heavy atom. The zero-order valence-corrected chi connectivity index (χ0v) is 27.2. The molecule has 0 radical (unpaired) electrons. The summed E-state index contributed by atoms with van der Waals surface area (Å²) in [6.07, 6.45) is -2.70. The highest BCUT2D eigenvalue weighted by Gasteiger charge is 2.50. The number of amides is 1. The van der Waals surface area contributed by atoms with Crippen molar-refractivity contribution in [3.05, 3.63) is 58.1 Å². The first-order chi connectivity index (χ1) is 21.2. The molecule has 2 N–H and O–H groups in total. The van der Waals surface area contributed by atoms with E-state index in [4.69, 9.17) is 16.3 Å². The summed E-state index contributed by atoms with van der Waals surface area (Å²) < 4.78 is 76.7. The predicted octanol–water partition coefficient (Wildman–Crippen LogP) is 6.90. The topological polar surface area (TPSA) is 95.9 Å². The van der Waals surface area contributed by atoms with E-state index in [1.165, 1.54) is 13.0 Å². The number of nitrogens with zero attached hydrogens (tertiary/aromatic N) is 1. The van der Waals surface area contributed by atoms with Gasteiger partial charge in [-0.2, -0.15) is 13.2 Å². The zero-order chi connectivity index (χ0) is 32.5. The molecule has 2 heterocycles. The highest BCUT2D eigenvalue weighted by Crippen LogP contribution is 2.47. The molecule has 0 aromatic heterocycles. The SMILES string of the molecule is CC1CCC[C@@H]([C@@H](O)C(F)(F)F)C2CCC2CN2CCCCc3cc(Cl)ccc3COc3ccc(cc32)C(=O)NS(=O)(=O)C1C. The number of ether oxygens (including phenoxy) is 1. The normalized spacial score (nSPS) is 28.6. The van der Waals surface area contributed by atoms with Gasteiger partial charge in [0.25, 0.3) is 5.91 Å². The van der Waals surface area contributed by atoms with Gasteiger partial charge in [-0.15, -0.1) is 0 Å². The summed E-state index contributed by atoms with van der Waals surface area (Å²) >= 11 is 6.28. The number of aliphatic hydroxyl groups excluding tert-OH is 1. The van der Waals surface area contributed by atoms with E-state index in [0.29, 0.717) is 48.8 Å². The van der Waals surface area contributed by atoms with Gasteiger partial charge in [0.15, 0.2) is 6.10 Å². The van der Waals surface area contributed by atoms with Gasteiger partial charge in [-0.1, -0.05) is 31.0 Å². The Balaban J connectivity index is 1.55. The minimum atomic E-state index is -4.75. The fourth-order valence-corrected chi connectivity index (χ4v) is 8.60. The number of nitrogens with one attached hydrogen (secondary N) is 1. The van der Waals surface area contributed by atoms with Gasteiger partial charge >= 0.3 is 6.18 Å². The van der Waals surface area contributed by atoms with Crippen LogP contribution in [0.2, 0.25) is 5.02 Å². The van der Waals surface area contributed by atoms with Crippen LogP contribution >= 0.6 is 11.6 Å². The number of rotatable bonds is 1. The number of aryl methyl sites for hydroxylation is 1. The van der Waals surface area contributed by atoms with Crippen molar-refractivity contribution in [2.24, 2.45) is 23.7 Å². The second-order valence-corrected chi connectivity index (χ2v) is 15.5. The molecule has 5 rings (SSSR count). The third-order valence-electron chi connectivity index (χ3n) is 10.2. The molecule has 1 saturated carbocycles. The molecule has 12 heteroatoms. The number of aliphatic hydroxyl groups is 1. The van der Waals surface area contributed by atoms with E-state index in [-0.39, 0.29) is 30.4 Å². The van der Waals surface area contributed by atoms with Crippen molar-refractivity contribution in [2.45, 2.75) is 89.4 Å². The smallest absolute Gasteiger partial charge is 0.414 e. The molecule has 2 aromatic rings. The number of anilines is 1. The summed E-state index contributed by atoms with van der Waals surface area (Å²) in [6.45, 7) is 4.45. The van der Waals surface area contributed by atoms with Gasteiger partial charge in [0, 0.05) is 23.7 Å². The Morgan fingerprint density at radius 1 is 1.02 bits per heavy atom. The Bertz CT molecular complexity index is 1490. The van der Waals surface area contributed by atoms with Crippen LogP contribution in [0.4, 0.5) is 18.9 Å². The standard InChI is InChI=1S/C33H42ClF3N2O5S/c1-20-6-5-8-28(31(40)33(35,36)37)27-13-10-24(27)18-39-15-4-3-7-22-16-26(34)12-9-25(22)19-44-30-14-11-23(17-29(30)39)32(41)38-45(42,43)21(20)2/h9,11-12,14,16-17,20-21,24,27-28,31,40H,3-8,10,13,15,18-19H2,1-2H3,(H,38,41)/t20?,21?,24?,27?,28-,31-/m1/s1. The Hall–Kier alpha value is -2.50. The molecule has 2 aliphatic heterocycles. The molecular formula is C33H42ClF3N2O5S. The van der Waals surface area contributed by atoms with Gasteiger partial charge in [-0.25, -0.2) is 13.1 Å². The lowest BCUT2D eigenvalue weighted by molar-refractivity contribution is -0.231. The molecule has 3 aliphatic rings. The second-order valence-electron chi connectivity index (χ2n) is 13.0. The number of carbonyl (C=O) groups is 1. The summed E-state index contributed by atoms with van der Waals surface area (Å²) in [7, 11) is -4.08. The molecule has 0 saturated heterocycles. The average Bonchev–Trinajstić information content (AvgIpc) is 2.99. The molecular weight excluding hydrogens is 629 g/mol. The van der Waals surface area contributed by atoms with Crippen LogP contribution in [0.25, 0.3) is 0 Å². The van der Waals surface area contributed by atoms with Crippen LogP contribution in [0.15, 0.2) is 36.4 Å². The third-order valence-corrected chi connectivity index (χ3v) is 12.3. The Kier molecular flexibility index (Phi) is 10.3. The van der Waals surface area contributed by atoms with Crippen molar-refractivity contribution in [3.8, 4) is 5.75 Å². The van der Waals surface area contributed by atoms with Crippen LogP contribution in [0, 0.1) is 23.7 Å². The van der Waals surface area contributed by atoms with Gasteiger partial charge in [0.2, 0.25) is 10.0 Å². The number of benzene rings is 2. The van der Waals surface area contributed by atoms with E-state index >= 15 is 0 Å². The molecule has 1 fully saturated rings. The third kappa shape index (κ3) is 7.73. The maximum absolute atomic E-state index is 13.9. The van der Waals surface area contributed by atoms with E-state index < -0.39 is 45.3 Å². The number of carbonyl (C=O) groups excluding carboxylic acids is 1. The fourth-order valence-electron chi connectivity index (χ4n) is 7.09. The van der Waals surface area contributed by atoms with E-state index in [9.17, 15) is 31.5 Å². The average molecular weight is 671 g/mol. The highest BCUT2D eigenvalue weighted by molar-refractivity contribution is 7.90. The quantitative estimate of drug-likeness (QED) is 0.343. The molecule has 45 heavy (non-hydrogen) atoms. The molecule has 4 unspecified atom stereocenters. The van der Waals surface area contributed by atoms with Gasteiger partial charge in [0.1, 0.15) is 12.4 Å². The number of hydrogen-bond donors (Lipinski definition) is 2. The van der Waals surface area contributed by atoms with E-state index in [1.807, 2.05) is 18.2 Å². The first kappa shape index (κ1) is 33.9. The van der Waals surface area contributed by atoms with Crippen molar-refractivity contribution >= 4 is 33.2 Å². The van der Waals surface area contributed by atoms with Gasteiger partial charge in [0.05, 0.1) is 10.9 Å². The van der Waals surface area contributed by atoms with Crippen LogP contribution in [-0.2, 0) is 23.1 Å². The van der Waals surface area contributed by atoms with Gasteiger partial charge in [-0.05, 0) is 117 Å². The molecule has 6 atom stereocenters. The van der Waals surface area contributed by atoms with Gasteiger partial charge < -0.3 is 14.7 Å². The van der Waals surface area contributed by atoms with E-state index in [0.717, 1.165) is 36.8 Å². The monoisotopic (exact) mass is 670 g/mol. The molecule has 0 spiro atoms. The van der Waals surface area contributed by atoms with Crippen LogP contribution < -0.4 is 14.4 Å². The Morgan fingerprint density at radius 3 is 2.51 bits per heavy atom. The summed E-state index contributed by atoms with van der Waals surface area (Å²) in [5, 5.41) is 10.2. The van der Waals surface area contributed by atoms with Crippen molar-refractivity contribution in [1.82, 2.24) is 4.72 Å². The number of sulfonamides is 1. The minimum Gasteiger partial charge on any atom is -0.487 e. The Labute approximate surface area is 268 Å². The molecule has 1 aliphatic carbocycles. The van der Waals surface area contributed by atoms with Crippen LogP contribution in [0.5, 0.6) is 5.75 Å². The van der Waals surface area contributed by atoms with Crippen molar-refractivity contribution < 1.29 is 36.2 Å². The van der Waals surface area contributed by atoms with Crippen molar-refractivity contribution in [1.29, 1.82) is 0 Å². The predicted molar refractivity (Wildman–Crippen MR) is 168 cm³/mol. The summed E-state index contributed by atoms with van der Waals surface area (Å²) in [4.78, 5) is 15.4.